The van der Waals surface area contributed by atoms with Crippen molar-refractivity contribution < 1.29 is 4.74 Å². The van der Waals surface area contributed by atoms with Crippen molar-refractivity contribution in [2.45, 2.75) is 26.3 Å². The summed E-state index contributed by atoms with van der Waals surface area (Å²) < 4.78 is 5.46. The molecule has 0 amide bonds. The Morgan fingerprint density at radius 2 is 2.33 bits per heavy atom. The maximum Gasteiger partial charge on any atom is 0.0669 e. The van der Waals surface area contributed by atoms with Gasteiger partial charge in [-0.05, 0) is 31.3 Å². The Hall–Kier alpha value is -0.0900. The maximum absolute atomic E-state index is 6.11. The highest BCUT2D eigenvalue weighted by atomic mass is 35.5. The van der Waals surface area contributed by atoms with Gasteiger partial charge in [0.1, 0.15) is 0 Å². The van der Waals surface area contributed by atoms with E-state index in [0.29, 0.717) is 6.61 Å². The van der Waals surface area contributed by atoms with E-state index in [0.717, 1.165) is 24.6 Å². The summed E-state index contributed by atoms with van der Waals surface area (Å²) in [7, 11) is 0. The minimum Gasteiger partial charge on any atom is -0.380 e. The van der Waals surface area contributed by atoms with E-state index < -0.39 is 0 Å². The van der Waals surface area contributed by atoms with E-state index in [2.05, 4.69) is 12.2 Å². The molecule has 86 valence electrons. The second kappa shape index (κ2) is 7.23. The van der Waals surface area contributed by atoms with Crippen molar-refractivity contribution in [2.24, 2.45) is 0 Å². The third-order valence-corrected chi connectivity index (χ3v) is 3.56. The van der Waals surface area contributed by atoms with Gasteiger partial charge in [0, 0.05) is 11.5 Å². The molecule has 4 heteroatoms. The highest BCUT2D eigenvalue weighted by molar-refractivity contribution is 7.10. The molecule has 0 fully saturated rings. The van der Waals surface area contributed by atoms with Gasteiger partial charge in [0.05, 0.1) is 17.7 Å². The summed E-state index contributed by atoms with van der Waals surface area (Å²) in [5.74, 6) is 0. The minimum atomic E-state index is 0.234. The second-order valence-electron chi connectivity index (χ2n) is 3.30. The van der Waals surface area contributed by atoms with Crippen LogP contribution in [-0.4, -0.2) is 19.8 Å². The first-order valence-corrected chi connectivity index (χ1v) is 6.59. The quantitative estimate of drug-likeness (QED) is 0.797. The van der Waals surface area contributed by atoms with Crippen LogP contribution in [0.1, 0.15) is 31.2 Å². The summed E-state index contributed by atoms with van der Waals surface area (Å²) in [6, 6.07) is 2.17. The summed E-state index contributed by atoms with van der Waals surface area (Å²) in [5.41, 5.74) is 0. The van der Waals surface area contributed by atoms with Crippen molar-refractivity contribution in [3.05, 3.63) is 21.3 Å². The predicted octanol–water partition coefficient (Wildman–Crippen LogP) is 3.48. The number of ether oxygens (including phenoxy) is 1. The first-order chi connectivity index (χ1) is 7.29. The Labute approximate surface area is 101 Å². The number of hydrogen-bond donors (Lipinski definition) is 1. The van der Waals surface area contributed by atoms with E-state index >= 15 is 0 Å². The molecule has 1 atom stereocenters. The Kier molecular flexibility index (Phi) is 6.25. The van der Waals surface area contributed by atoms with Gasteiger partial charge in [0.15, 0.2) is 0 Å². The fourth-order valence-corrected chi connectivity index (χ4v) is 2.59. The van der Waals surface area contributed by atoms with Crippen molar-refractivity contribution in [3.8, 4) is 0 Å². The van der Waals surface area contributed by atoms with E-state index in [1.165, 1.54) is 4.88 Å². The lowest BCUT2D eigenvalue weighted by atomic mass is 10.2. The van der Waals surface area contributed by atoms with Crippen LogP contribution in [0.25, 0.3) is 0 Å². The van der Waals surface area contributed by atoms with Crippen LogP contribution in [0.3, 0.4) is 0 Å². The van der Waals surface area contributed by atoms with Gasteiger partial charge in [0.25, 0.3) is 0 Å². The zero-order valence-electron chi connectivity index (χ0n) is 9.25. The fourth-order valence-electron chi connectivity index (χ4n) is 1.34. The largest absolute Gasteiger partial charge is 0.380 e. The molecule has 1 aromatic rings. The smallest absolute Gasteiger partial charge is 0.0669 e. The SMILES string of the molecule is CCCNC(COCC)c1sccc1Cl. The number of rotatable bonds is 7. The first kappa shape index (κ1) is 13.0. The molecule has 2 nitrogen and oxygen atoms in total. The van der Waals surface area contributed by atoms with Crippen LogP contribution in [0.2, 0.25) is 5.02 Å². The van der Waals surface area contributed by atoms with E-state index in [4.69, 9.17) is 16.3 Å². The summed E-state index contributed by atoms with van der Waals surface area (Å²) in [5, 5.41) is 6.31. The molecule has 1 N–H and O–H groups in total. The topological polar surface area (TPSA) is 21.3 Å². The Bertz CT molecular complexity index is 269. The zero-order chi connectivity index (χ0) is 11.1. The molecule has 0 aliphatic rings. The Morgan fingerprint density at radius 1 is 1.53 bits per heavy atom. The monoisotopic (exact) mass is 247 g/mol. The van der Waals surface area contributed by atoms with Crippen molar-refractivity contribution in [3.63, 3.8) is 0 Å². The van der Waals surface area contributed by atoms with Crippen LogP contribution in [0.15, 0.2) is 11.4 Å². The van der Waals surface area contributed by atoms with Gasteiger partial charge in [-0.15, -0.1) is 11.3 Å². The van der Waals surface area contributed by atoms with E-state index in [-0.39, 0.29) is 6.04 Å². The molecule has 1 aromatic heterocycles. The average Bonchev–Trinajstić information content (AvgIpc) is 2.65. The molecular formula is C11H18ClNOS. The molecule has 0 saturated heterocycles. The van der Waals surface area contributed by atoms with Gasteiger partial charge in [-0.1, -0.05) is 18.5 Å². The molecule has 1 rings (SSSR count). The molecule has 0 aliphatic carbocycles. The average molecular weight is 248 g/mol. The van der Waals surface area contributed by atoms with Gasteiger partial charge in [-0.2, -0.15) is 0 Å². The van der Waals surface area contributed by atoms with Crippen LogP contribution in [0.5, 0.6) is 0 Å². The van der Waals surface area contributed by atoms with Crippen molar-refractivity contribution in [1.29, 1.82) is 0 Å². The van der Waals surface area contributed by atoms with Gasteiger partial charge < -0.3 is 10.1 Å². The van der Waals surface area contributed by atoms with Crippen molar-refractivity contribution in [2.75, 3.05) is 19.8 Å². The van der Waals surface area contributed by atoms with Gasteiger partial charge in [-0.3, -0.25) is 0 Å². The molecule has 0 aliphatic heterocycles. The van der Waals surface area contributed by atoms with E-state index in [9.17, 15) is 0 Å². The highest BCUT2D eigenvalue weighted by Crippen LogP contribution is 2.28. The normalized spacial score (nSPS) is 13.0. The van der Waals surface area contributed by atoms with Crippen molar-refractivity contribution >= 4 is 22.9 Å². The number of nitrogens with one attached hydrogen (secondary N) is 1. The van der Waals surface area contributed by atoms with Gasteiger partial charge in [0.2, 0.25) is 0 Å². The van der Waals surface area contributed by atoms with Crippen LogP contribution >= 0.6 is 22.9 Å². The molecule has 0 saturated carbocycles. The van der Waals surface area contributed by atoms with E-state index in [1.54, 1.807) is 11.3 Å². The molecule has 1 heterocycles. The molecule has 0 spiro atoms. The number of thiophene rings is 1. The van der Waals surface area contributed by atoms with Gasteiger partial charge >= 0.3 is 0 Å². The highest BCUT2D eigenvalue weighted by Gasteiger charge is 2.15. The van der Waals surface area contributed by atoms with Crippen molar-refractivity contribution in [1.82, 2.24) is 5.32 Å². The zero-order valence-corrected chi connectivity index (χ0v) is 10.8. The first-order valence-electron chi connectivity index (χ1n) is 5.33. The molecule has 15 heavy (non-hydrogen) atoms. The molecular weight excluding hydrogens is 230 g/mol. The minimum absolute atomic E-state index is 0.234. The lowest BCUT2D eigenvalue weighted by Crippen LogP contribution is -2.25. The lowest BCUT2D eigenvalue weighted by molar-refractivity contribution is 0.124. The van der Waals surface area contributed by atoms with Crippen LogP contribution in [-0.2, 0) is 4.74 Å². The Balaban J connectivity index is 2.58. The molecule has 0 radical (unpaired) electrons. The summed E-state index contributed by atoms with van der Waals surface area (Å²) in [6.07, 6.45) is 1.12. The lowest BCUT2D eigenvalue weighted by Gasteiger charge is -2.17. The third kappa shape index (κ3) is 4.11. The number of halogens is 1. The van der Waals surface area contributed by atoms with E-state index in [1.807, 2.05) is 18.4 Å². The predicted molar refractivity (Wildman–Crippen MR) is 66.9 cm³/mol. The maximum atomic E-state index is 6.11. The molecule has 1 unspecified atom stereocenters. The van der Waals surface area contributed by atoms with Crippen LogP contribution in [0, 0.1) is 0 Å². The number of hydrogen-bond acceptors (Lipinski definition) is 3. The molecule has 0 aromatic carbocycles. The van der Waals surface area contributed by atoms with Crippen LogP contribution in [0.4, 0.5) is 0 Å². The summed E-state index contributed by atoms with van der Waals surface area (Å²) in [6.45, 7) is 6.59. The summed E-state index contributed by atoms with van der Waals surface area (Å²) in [4.78, 5) is 1.18. The standard InChI is InChI=1S/C11H18ClNOS/c1-3-6-13-10(8-14-4-2)11-9(12)5-7-15-11/h5,7,10,13H,3-4,6,8H2,1-2H3. The third-order valence-electron chi connectivity index (χ3n) is 2.09. The Morgan fingerprint density at radius 3 is 2.87 bits per heavy atom. The van der Waals surface area contributed by atoms with Crippen LogP contribution < -0.4 is 5.32 Å². The second-order valence-corrected chi connectivity index (χ2v) is 4.65. The molecule has 0 bridgehead atoms. The van der Waals surface area contributed by atoms with Gasteiger partial charge in [-0.25, -0.2) is 0 Å². The fraction of sp³-hybridized carbons (Fsp3) is 0.636. The summed E-state index contributed by atoms with van der Waals surface area (Å²) >= 11 is 7.79.